The molecular weight excluding hydrogens is 114 g/mol. The molecule has 46 valence electrons. The fourth-order valence-electron chi connectivity index (χ4n) is 0.112. The van der Waals surface area contributed by atoms with E-state index in [1.54, 1.807) is 0 Å². The minimum atomic E-state index is -1.22. The lowest BCUT2D eigenvalue weighted by Crippen LogP contribution is -2.38. The summed E-state index contributed by atoms with van der Waals surface area (Å²) in [7, 11) is 0. The van der Waals surface area contributed by atoms with E-state index in [0.29, 0.717) is 0 Å². The van der Waals surface area contributed by atoms with Gasteiger partial charge in [-0.15, -0.1) is 0 Å². The van der Waals surface area contributed by atoms with Crippen LogP contribution in [0.5, 0.6) is 0 Å². The summed E-state index contributed by atoms with van der Waals surface area (Å²) in [6.07, 6.45) is 0. The Morgan fingerprint density at radius 2 is 2.00 bits per heavy atom. The second kappa shape index (κ2) is 2.94. The van der Waals surface area contributed by atoms with Crippen molar-refractivity contribution >= 4 is 11.9 Å². The van der Waals surface area contributed by atoms with Crippen LogP contribution < -0.4 is 17.2 Å². The molecule has 0 aromatic carbocycles. The van der Waals surface area contributed by atoms with Crippen molar-refractivity contribution < 1.29 is 14.4 Å². The monoisotopic (exact) mass is 119 g/mol. The molecule has 6 nitrogen and oxygen atoms in total. The van der Waals surface area contributed by atoms with Crippen LogP contribution in [0.4, 0.5) is 0 Å². The van der Waals surface area contributed by atoms with Crippen LogP contribution in [0.1, 0.15) is 0 Å². The number of carbonyl (C=O) groups is 2. The van der Waals surface area contributed by atoms with E-state index in [-0.39, 0.29) is 0 Å². The molecule has 1 amide bonds. The number of amides is 1. The van der Waals surface area contributed by atoms with Crippen molar-refractivity contribution in [2.45, 2.75) is 0 Å². The molecule has 0 atom stereocenters. The van der Waals surface area contributed by atoms with Crippen molar-refractivity contribution in [3.63, 3.8) is 0 Å². The second-order valence-electron chi connectivity index (χ2n) is 0.879. The maximum atomic E-state index is 9.95. The molecule has 0 fully saturated rings. The zero-order chi connectivity index (χ0) is 6.57. The summed E-state index contributed by atoms with van der Waals surface area (Å²) in [4.78, 5) is 23.3. The third kappa shape index (κ3) is 1.54. The van der Waals surface area contributed by atoms with Crippen molar-refractivity contribution in [2.24, 2.45) is 11.7 Å². The topological polar surface area (TPSA) is 107 Å². The van der Waals surface area contributed by atoms with Gasteiger partial charge in [0.25, 0.3) is 0 Å². The van der Waals surface area contributed by atoms with E-state index in [0.717, 1.165) is 0 Å². The lowest BCUT2D eigenvalue weighted by Gasteiger charge is -1.91. The minimum absolute atomic E-state index is 1.08. The zero-order valence-corrected chi connectivity index (χ0v) is 3.88. The Labute approximate surface area is 44.7 Å². The van der Waals surface area contributed by atoms with E-state index >= 15 is 0 Å². The molecule has 0 aliphatic heterocycles. The number of hydrogen-bond acceptors (Lipinski definition) is 5. The highest BCUT2D eigenvalue weighted by Crippen LogP contribution is 1.64. The summed E-state index contributed by atoms with van der Waals surface area (Å²) in [6.45, 7) is 0. The van der Waals surface area contributed by atoms with Gasteiger partial charge in [-0.2, -0.15) is 5.90 Å². The highest BCUT2D eigenvalue weighted by molar-refractivity contribution is 6.32. The van der Waals surface area contributed by atoms with Gasteiger partial charge in [-0.25, -0.2) is 10.6 Å². The van der Waals surface area contributed by atoms with E-state index in [9.17, 15) is 9.59 Å². The third-order valence-electron chi connectivity index (χ3n) is 0.424. The van der Waals surface area contributed by atoms with Crippen LogP contribution in [0.25, 0.3) is 0 Å². The van der Waals surface area contributed by atoms with Gasteiger partial charge in [0.1, 0.15) is 0 Å². The maximum Gasteiger partial charge on any atom is 0.416 e. The first-order valence-corrected chi connectivity index (χ1v) is 1.64. The first-order valence-electron chi connectivity index (χ1n) is 1.64. The Morgan fingerprint density at radius 3 is 2.12 bits per heavy atom. The molecule has 0 saturated heterocycles. The molecule has 0 aromatic heterocycles. The molecule has 0 rings (SSSR count). The van der Waals surface area contributed by atoms with Crippen LogP contribution in [0.2, 0.25) is 0 Å². The van der Waals surface area contributed by atoms with Crippen LogP contribution in [-0.4, -0.2) is 11.9 Å². The van der Waals surface area contributed by atoms with Crippen molar-refractivity contribution in [3.8, 4) is 0 Å². The zero-order valence-electron chi connectivity index (χ0n) is 3.88. The van der Waals surface area contributed by atoms with E-state index in [1.165, 1.54) is 5.43 Å². The number of hydrazine groups is 1. The van der Waals surface area contributed by atoms with Gasteiger partial charge in [0.2, 0.25) is 0 Å². The maximum absolute atomic E-state index is 9.95. The predicted octanol–water partition coefficient (Wildman–Crippen LogP) is -2.61. The molecule has 0 aromatic rings. The third-order valence-corrected chi connectivity index (χ3v) is 0.424. The number of nitrogens with one attached hydrogen (secondary N) is 1. The van der Waals surface area contributed by atoms with E-state index in [2.05, 4.69) is 16.6 Å². The Hall–Kier alpha value is -1.14. The first-order chi connectivity index (χ1) is 3.72. The van der Waals surface area contributed by atoms with Crippen molar-refractivity contribution in [1.82, 2.24) is 5.43 Å². The smallest absolute Gasteiger partial charge is 0.366 e. The molecule has 0 aliphatic carbocycles. The Kier molecular flexibility index (Phi) is 2.52. The summed E-state index contributed by atoms with van der Waals surface area (Å²) in [5.74, 6) is 6.48. The number of hydrogen-bond donors (Lipinski definition) is 3. The van der Waals surface area contributed by atoms with Gasteiger partial charge in [0.15, 0.2) is 0 Å². The van der Waals surface area contributed by atoms with Gasteiger partial charge >= 0.3 is 11.9 Å². The van der Waals surface area contributed by atoms with Crippen molar-refractivity contribution in [2.75, 3.05) is 0 Å². The SMILES string of the molecule is NNC(=O)C(=O)ON. The van der Waals surface area contributed by atoms with Crippen LogP contribution >= 0.6 is 0 Å². The second-order valence-corrected chi connectivity index (χ2v) is 0.879. The van der Waals surface area contributed by atoms with Crippen molar-refractivity contribution in [3.05, 3.63) is 0 Å². The number of rotatable bonds is 0. The molecule has 0 heterocycles. The van der Waals surface area contributed by atoms with Gasteiger partial charge in [-0.05, 0) is 0 Å². The Balaban J connectivity index is 3.64. The van der Waals surface area contributed by atoms with Gasteiger partial charge in [-0.1, -0.05) is 0 Å². The molecule has 0 unspecified atom stereocenters. The number of nitrogens with two attached hydrogens (primary N) is 2. The molecule has 5 N–H and O–H groups in total. The Bertz CT molecular complexity index is 97.1. The largest absolute Gasteiger partial charge is 0.416 e. The fraction of sp³-hybridized carbons (Fsp3) is 0. The molecule has 0 aliphatic rings. The van der Waals surface area contributed by atoms with Gasteiger partial charge < -0.3 is 4.84 Å². The normalized spacial score (nSPS) is 7.75. The summed E-state index contributed by atoms with van der Waals surface area (Å²) in [6, 6.07) is 0. The molecule has 6 heteroatoms. The summed E-state index contributed by atoms with van der Waals surface area (Å²) in [5.41, 5.74) is 1.52. The predicted molar refractivity (Wildman–Crippen MR) is 22.6 cm³/mol. The molecule has 0 bridgehead atoms. The van der Waals surface area contributed by atoms with E-state index < -0.39 is 11.9 Å². The lowest BCUT2D eigenvalue weighted by atomic mass is 10.7. The lowest BCUT2D eigenvalue weighted by molar-refractivity contribution is -0.155. The first kappa shape index (κ1) is 6.86. The summed E-state index contributed by atoms with van der Waals surface area (Å²) < 4.78 is 0. The summed E-state index contributed by atoms with van der Waals surface area (Å²) in [5, 5.41) is 0. The summed E-state index contributed by atoms with van der Waals surface area (Å²) >= 11 is 0. The Morgan fingerprint density at radius 1 is 1.50 bits per heavy atom. The van der Waals surface area contributed by atoms with E-state index in [1.807, 2.05) is 0 Å². The quantitative estimate of drug-likeness (QED) is 0.140. The number of carbonyl (C=O) groups excluding carboxylic acids is 2. The van der Waals surface area contributed by atoms with Gasteiger partial charge in [0.05, 0.1) is 0 Å². The highest BCUT2D eigenvalue weighted by Gasteiger charge is 2.10. The van der Waals surface area contributed by atoms with E-state index in [4.69, 9.17) is 0 Å². The highest BCUT2D eigenvalue weighted by atomic mass is 16.7. The van der Waals surface area contributed by atoms with Crippen molar-refractivity contribution in [1.29, 1.82) is 0 Å². The molecule has 0 saturated carbocycles. The standard InChI is InChI=1S/C2H5N3O3/c3-5-1(6)2(7)8-4/h3-4H2,(H,5,6). The molecule has 0 spiro atoms. The molecular formula is C2H5N3O3. The molecule has 0 radical (unpaired) electrons. The van der Waals surface area contributed by atoms with Crippen LogP contribution in [0.3, 0.4) is 0 Å². The van der Waals surface area contributed by atoms with Crippen LogP contribution in [0, 0.1) is 0 Å². The average Bonchev–Trinajstić information content (AvgIpc) is 1.84. The van der Waals surface area contributed by atoms with Gasteiger partial charge in [-0.3, -0.25) is 10.2 Å². The van der Waals surface area contributed by atoms with Crippen LogP contribution in [0.15, 0.2) is 0 Å². The van der Waals surface area contributed by atoms with Gasteiger partial charge in [0, 0.05) is 0 Å². The molecule has 8 heavy (non-hydrogen) atoms. The average molecular weight is 119 g/mol. The fourth-order valence-corrected chi connectivity index (χ4v) is 0.112. The minimum Gasteiger partial charge on any atom is -0.366 e. The van der Waals surface area contributed by atoms with Crippen LogP contribution in [-0.2, 0) is 14.4 Å².